The van der Waals surface area contributed by atoms with Crippen molar-refractivity contribution in [3.63, 3.8) is 0 Å². The first-order chi connectivity index (χ1) is 8.34. The van der Waals surface area contributed by atoms with Crippen LogP contribution in [0.25, 0.3) is 0 Å². The molecule has 0 atom stereocenters. The van der Waals surface area contributed by atoms with Gasteiger partial charge in [0.1, 0.15) is 0 Å². The molecule has 0 aromatic carbocycles. The van der Waals surface area contributed by atoms with Gasteiger partial charge in [0.15, 0.2) is 0 Å². The Balaban J connectivity index is 1.71. The van der Waals surface area contributed by atoms with Gasteiger partial charge in [-0.25, -0.2) is 4.98 Å². The van der Waals surface area contributed by atoms with Crippen LogP contribution in [0.2, 0.25) is 0 Å². The highest BCUT2D eigenvalue weighted by Crippen LogP contribution is 1.95. The number of pyridine rings is 1. The minimum absolute atomic E-state index is 0.0109. The van der Waals surface area contributed by atoms with Crippen LogP contribution < -0.4 is 5.32 Å². The number of nitrogens with one attached hydrogen (secondary N) is 2. The Labute approximate surface area is 99.3 Å². The van der Waals surface area contributed by atoms with E-state index in [0.717, 1.165) is 17.8 Å². The molecule has 2 N–H and O–H groups in total. The lowest BCUT2D eigenvalue weighted by molar-refractivity contribution is -0.120. The van der Waals surface area contributed by atoms with Crippen molar-refractivity contribution in [2.75, 3.05) is 6.54 Å². The Kier molecular flexibility index (Phi) is 3.85. The van der Waals surface area contributed by atoms with Crippen molar-refractivity contribution in [1.29, 1.82) is 0 Å². The van der Waals surface area contributed by atoms with Crippen molar-refractivity contribution in [2.24, 2.45) is 0 Å². The minimum Gasteiger partial charge on any atom is -0.355 e. The van der Waals surface area contributed by atoms with E-state index in [0.29, 0.717) is 13.0 Å². The molecule has 0 unspecified atom stereocenters. The van der Waals surface area contributed by atoms with E-state index in [4.69, 9.17) is 0 Å². The number of rotatable bonds is 5. The summed E-state index contributed by atoms with van der Waals surface area (Å²) in [6.07, 6.45) is 6.15. The number of aromatic amines is 1. The van der Waals surface area contributed by atoms with Gasteiger partial charge in [-0.05, 0) is 12.1 Å². The molecule has 0 spiro atoms. The highest BCUT2D eigenvalue weighted by Gasteiger charge is 2.03. The second-order valence-corrected chi connectivity index (χ2v) is 3.67. The molecule has 0 aliphatic heterocycles. The molecule has 5 nitrogen and oxygen atoms in total. The molecule has 2 aromatic rings. The van der Waals surface area contributed by atoms with Crippen molar-refractivity contribution in [3.05, 3.63) is 48.3 Å². The molecule has 2 rings (SSSR count). The van der Waals surface area contributed by atoms with Crippen LogP contribution in [0, 0.1) is 0 Å². The summed E-state index contributed by atoms with van der Waals surface area (Å²) in [5, 5.41) is 2.84. The second kappa shape index (κ2) is 5.79. The van der Waals surface area contributed by atoms with Crippen LogP contribution in [0.1, 0.15) is 11.4 Å². The van der Waals surface area contributed by atoms with Gasteiger partial charge < -0.3 is 10.3 Å². The average molecular weight is 230 g/mol. The van der Waals surface area contributed by atoms with Crippen LogP contribution in [-0.2, 0) is 17.6 Å². The molecule has 0 aliphatic rings. The van der Waals surface area contributed by atoms with Crippen molar-refractivity contribution in [2.45, 2.75) is 12.8 Å². The molecule has 17 heavy (non-hydrogen) atoms. The van der Waals surface area contributed by atoms with Crippen molar-refractivity contribution < 1.29 is 4.79 Å². The zero-order valence-corrected chi connectivity index (χ0v) is 9.39. The summed E-state index contributed by atoms with van der Waals surface area (Å²) in [6, 6.07) is 5.55. The van der Waals surface area contributed by atoms with Gasteiger partial charge in [-0.3, -0.25) is 9.78 Å². The molecular formula is C12H14N4O. The van der Waals surface area contributed by atoms with E-state index in [9.17, 15) is 4.79 Å². The number of carbonyl (C=O) groups is 1. The molecule has 0 aliphatic carbocycles. The van der Waals surface area contributed by atoms with Crippen LogP contribution in [0.4, 0.5) is 0 Å². The van der Waals surface area contributed by atoms with Gasteiger partial charge >= 0.3 is 0 Å². The van der Waals surface area contributed by atoms with Crippen molar-refractivity contribution in [1.82, 2.24) is 20.3 Å². The number of imidazole rings is 1. The molecule has 1 amide bonds. The molecule has 0 bridgehead atoms. The smallest absolute Gasteiger partial charge is 0.226 e. The third-order valence-corrected chi connectivity index (χ3v) is 2.34. The fourth-order valence-electron chi connectivity index (χ4n) is 1.49. The predicted octanol–water partition coefficient (Wildman–Crippen LogP) is 0.706. The van der Waals surface area contributed by atoms with Crippen LogP contribution in [0.15, 0.2) is 36.9 Å². The molecule has 2 heterocycles. The standard InChI is InChI=1S/C12H14N4O/c17-12(7-10-3-1-2-5-14-10)15-6-4-11-8-13-9-16-11/h1-3,5,8-9H,4,6-7H2,(H,13,16)(H,15,17). The number of H-pyrrole nitrogens is 1. The maximum Gasteiger partial charge on any atom is 0.226 e. The highest BCUT2D eigenvalue weighted by atomic mass is 16.1. The summed E-state index contributed by atoms with van der Waals surface area (Å²) >= 11 is 0. The van der Waals surface area contributed by atoms with Gasteiger partial charge in [0, 0.05) is 36.7 Å². The van der Waals surface area contributed by atoms with Crippen LogP contribution in [0.5, 0.6) is 0 Å². The normalized spacial score (nSPS) is 10.1. The molecule has 5 heteroatoms. The Morgan fingerprint density at radius 3 is 3.06 bits per heavy atom. The largest absolute Gasteiger partial charge is 0.355 e. The van der Waals surface area contributed by atoms with Gasteiger partial charge in [-0.2, -0.15) is 0 Å². The van der Waals surface area contributed by atoms with Crippen LogP contribution >= 0.6 is 0 Å². The monoisotopic (exact) mass is 230 g/mol. The first kappa shape index (κ1) is 11.3. The fourth-order valence-corrected chi connectivity index (χ4v) is 1.49. The van der Waals surface area contributed by atoms with E-state index in [-0.39, 0.29) is 5.91 Å². The number of hydrogen-bond donors (Lipinski definition) is 2. The van der Waals surface area contributed by atoms with Crippen molar-refractivity contribution >= 4 is 5.91 Å². The van der Waals surface area contributed by atoms with Crippen molar-refractivity contribution in [3.8, 4) is 0 Å². The molecule has 2 aromatic heterocycles. The maximum atomic E-state index is 11.6. The topological polar surface area (TPSA) is 70.7 Å². The third kappa shape index (κ3) is 3.71. The SMILES string of the molecule is O=C(Cc1ccccn1)NCCc1cnc[nH]1. The summed E-state index contributed by atoms with van der Waals surface area (Å²) in [4.78, 5) is 22.6. The number of amides is 1. The lowest BCUT2D eigenvalue weighted by Gasteiger charge is -2.03. The first-order valence-corrected chi connectivity index (χ1v) is 5.48. The van der Waals surface area contributed by atoms with E-state index in [1.165, 1.54) is 0 Å². The molecule has 0 saturated carbocycles. The number of carbonyl (C=O) groups excluding carboxylic acids is 1. The Morgan fingerprint density at radius 2 is 2.35 bits per heavy atom. The Bertz CT molecular complexity index is 453. The van der Waals surface area contributed by atoms with E-state index in [1.807, 2.05) is 18.2 Å². The summed E-state index contributed by atoms with van der Waals surface area (Å²) in [7, 11) is 0. The van der Waals surface area contributed by atoms with Crippen LogP contribution in [0.3, 0.4) is 0 Å². The van der Waals surface area contributed by atoms with Crippen LogP contribution in [-0.4, -0.2) is 27.4 Å². The molecule has 0 radical (unpaired) electrons. The molecule has 88 valence electrons. The minimum atomic E-state index is -0.0109. The number of aromatic nitrogens is 3. The predicted molar refractivity (Wildman–Crippen MR) is 63.2 cm³/mol. The Morgan fingerprint density at radius 1 is 1.41 bits per heavy atom. The number of nitrogens with zero attached hydrogens (tertiary/aromatic N) is 2. The summed E-state index contributed by atoms with van der Waals surface area (Å²) in [5.41, 5.74) is 1.80. The molecule has 0 fully saturated rings. The van der Waals surface area contributed by atoms with Gasteiger partial charge in [0.25, 0.3) is 0 Å². The average Bonchev–Trinajstić information content (AvgIpc) is 2.83. The second-order valence-electron chi connectivity index (χ2n) is 3.67. The van der Waals surface area contributed by atoms with Gasteiger partial charge in [0.05, 0.1) is 12.7 Å². The zero-order valence-electron chi connectivity index (χ0n) is 9.39. The summed E-state index contributed by atoms with van der Waals surface area (Å²) in [6.45, 7) is 0.605. The highest BCUT2D eigenvalue weighted by molar-refractivity contribution is 5.78. The lowest BCUT2D eigenvalue weighted by atomic mass is 10.2. The van der Waals surface area contributed by atoms with Gasteiger partial charge in [0.2, 0.25) is 5.91 Å². The summed E-state index contributed by atoms with van der Waals surface area (Å²) in [5.74, 6) is -0.0109. The first-order valence-electron chi connectivity index (χ1n) is 5.48. The van der Waals surface area contributed by atoms with Gasteiger partial charge in [-0.1, -0.05) is 6.07 Å². The molecule has 0 saturated heterocycles. The third-order valence-electron chi connectivity index (χ3n) is 2.34. The van der Waals surface area contributed by atoms with E-state index < -0.39 is 0 Å². The summed E-state index contributed by atoms with van der Waals surface area (Å²) < 4.78 is 0. The fraction of sp³-hybridized carbons (Fsp3) is 0.250. The number of hydrogen-bond acceptors (Lipinski definition) is 3. The quantitative estimate of drug-likeness (QED) is 0.794. The van der Waals surface area contributed by atoms with Gasteiger partial charge in [-0.15, -0.1) is 0 Å². The van der Waals surface area contributed by atoms with E-state index >= 15 is 0 Å². The van der Waals surface area contributed by atoms with E-state index in [1.54, 1.807) is 18.7 Å². The molecular weight excluding hydrogens is 216 g/mol. The van der Waals surface area contributed by atoms with E-state index in [2.05, 4.69) is 20.3 Å². The maximum absolute atomic E-state index is 11.6. The zero-order chi connectivity index (χ0) is 11.9. The lowest BCUT2D eigenvalue weighted by Crippen LogP contribution is -2.27. The Hall–Kier alpha value is -2.17.